The summed E-state index contributed by atoms with van der Waals surface area (Å²) in [6.45, 7) is 16.7. The molecule has 6 rings (SSSR count). The quantitative estimate of drug-likeness (QED) is 0.0638. The first-order chi connectivity index (χ1) is 34.6. The van der Waals surface area contributed by atoms with Crippen molar-refractivity contribution in [1.82, 2.24) is 10.2 Å². The molecule has 1 heterocycles. The van der Waals surface area contributed by atoms with Gasteiger partial charge in [-0.25, -0.2) is 8.78 Å². The maximum Gasteiger partial charge on any atom is 0.251 e. The van der Waals surface area contributed by atoms with E-state index in [9.17, 15) is 20.1 Å². The number of amides is 2. The number of ether oxygens (including phenoxy) is 6. The van der Waals surface area contributed by atoms with Gasteiger partial charge in [0.25, 0.3) is 5.91 Å². The molecule has 1 saturated carbocycles. The summed E-state index contributed by atoms with van der Waals surface area (Å²) in [6.07, 6.45) is 0.0891. The minimum atomic E-state index is -1.80. The van der Waals surface area contributed by atoms with E-state index in [1.807, 2.05) is 20.8 Å². The average molecular weight is 1070 g/mol. The normalized spacial score (nSPS) is 22.2. The molecule has 1 aliphatic carbocycles. The second kappa shape index (κ2) is 24.5. The fourth-order valence-electron chi connectivity index (χ4n) is 10.8. The van der Waals surface area contributed by atoms with E-state index in [0.29, 0.717) is 73.7 Å². The maximum atomic E-state index is 16.1. The minimum absolute atomic E-state index is 0.0243. The van der Waals surface area contributed by atoms with E-state index in [1.165, 1.54) is 30.3 Å². The van der Waals surface area contributed by atoms with Crippen LogP contribution in [0.4, 0.5) is 8.78 Å². The Morgan fingerprint density at radius 3 is 1.90 bits per heavy atom. The van der Waals surface area contributed by atoms with Gasteiger partial charge in [0.05, 0.1) is 80.6 Å². The van der Waals surface area contributed by atoms with Gasteiger partial charge in [0.2, 0.25) is 5.91 Å². The van der Waals surface area contributed by atoms with Crippen molar-refractivity contribution in [1.29, 1.82) is 10.5 Å². The first-order valence-corrected chi connectivity index (χ1v) is 25.3. The molecule has 13 nitrogen and oxygen atoms in total. The van der Waals surface area contributed by atoms with Crippen LogP contribution in [0.25, 0.3) is 0 Å². The molecule has 4 atom stereocenters. The van der Waals surface area contributed by atoms with Crippen LogP contribution in [0.1, 0.15) is 87.9 Å². The molecule has 0 spiro atoms. The number of nitrogens with zero attached hydrogens (tertiary/aromatic N) is 3. The van der Waals surface area contributed by atoms with Crippen molar-refractivity contribution < 1.29 is 46.8 Å². The molecule has 2 aliphatic rings. The summed E-state index contributed by atoms with van der Waals surface area (Å²) in [5.41, 5.74) is 3.91. The van der Waals surface area contributed by atoms with Gasteiger partial charge in [-0.15, -0.1) is 0 Å². The summed E-state index contributed by atoms with van der Waals surface area (Å²) >= 11 is 18.6. The van der Waals surface area contributed by atoms with Crippen LogP contribution in [0.3, 0.4) is 0 Å². The van der Waals surface area contributed by atoms with Crippen LogP contribution in [0.5, 0.6) is 11.5 Å². The van der Waals surface area contributed by atoms with Crippen LogP contribution in [0.15, 0.2) is 78.9 Å². The van der Waals surface area contributed by atoms with Gasteiger partial charge in [0, 0.05) is 57.6 Å². The highest BCUT2D eigenvalue weighted by Gasteiger charge is 2.65. The Hall–Kier alpha value is -5.07. The van der Waals surface area contributed by atoms with Crippen molar-refractivity contribution >= 4 is 46.6 Å². The summed E-state index contributed by atoms with van der Waals surface area (Å²) in [7, 11) is 0. The topological polar surface area (TPSA) is 178 Å². The van der Waals surface area contributed by atoms with Crippen LogP contribution in [0.2, 0.25) is 15.1 Å². The number of carbonyl (C=O) groups is 2. The van der Waals surface area contributed by atoms with Gasteiger partial charge in [-0.1, -0.05) is 101 Å². The first-order valence-electron chi connectivity index (χ1n) is 24.1. The van der Waals surface area contributed by atoms with E-state index in [-0.39, 0.29) is 65.6 Å². The van der Waals surface area contributed by atoms with Crippen LogP contribution < -0.4 is 20.5 Å². The molecule has 0 aromatic heterocycles. The van der Waals surface area contributed by atoms with Gasteiger partial charge >= 0.3 is 0 Å². The molecule has 0 bridgehead atoms. The Morgan fingerprint density at radius 2 is 1.36 bits per heavy atom. The zero-order valence-electron chi connectivity index (χ0n) is 42.2. The molecule has 3 N–H and O–H groups in total. The minimum Gasteiger partial charge on any atom is -0.491 e. The van der Waals surface area contributed by atoms with E-state index in [4.69, 9.17) is 69.0 Å². The Bertz CT molecular complexity index is 2640. The van der Waals surface area contributed by atoms with E-state index in [1.54, 1.807) is 47.4 Å². The molecular weight excluding hydrogens is 1000 g/mol. The fourth-order valence-corrected chi connectivity index (χ4v) is 11.4. The van der Waals surface area contributed by atoms with Crippen molar-refractivity contribution in [3.8, 4) is 23.6 Å². The van der Waals surface area contributed by atoms with Gasteiger partial charge in [-0.05, 0) is 72.0 Å². The number of halogens is 5. The largest absolute Gasteiger partial charge is 0.491 e. The molecule has 0 radical (unpaired) electrons. The third-order valence-electron chi connectivity index (χ3n) is 13.7. The second-order valence-corrected chi connectivity index (χ2v) is 22.0. The number of hydrogen-bond donors (Lipinski definition) is 2. The van der Waals surface area contributed by atoms with Gasteiger partial charge < -0.3 is 39.5 Å². The second-order valence-electron chi connectivity index (χ2n) is 20.7. The van der Waals surface area contributed by atoms with Crippen molar-refractivity contribution in [2.75, 3.05) is 66.0 Å². The number of rotatable bonds is 24. The molecule has 2 fully saturated rings. The predicted molar refractivity (Wildman–Crippen MR) is 275 cm³/mol. The monoisotopic (exact) mass is 1070 g/mol. The summed E-state index contributed by atoms with van der Waals surface area (Å²) in [5.74, 6) is -2.68. The summed E-state index contributed by atoms with van der Waals surface area (Å²) in [5, 5.41) is 23.8. The third kappa shape index (κ3) is 13.1. The number of primary amides is 1. The molecule has 1 aliphatic heterocycles. The fraction of sp³-hybridized carbons (Fsp3) is 0.491. The number of hydrogen-bond acceptors (Lipinski definition) is 11. The molecule has 4 aromatic carbocycles. The number of nitrogens with one attached hydrogen (secondary N) is 1. The first kappa shape index (κ1) is 57.2. The lowest BCUT2D eigenvalue weighted by atomic mass is 9.49. The highest BCUT2D eigenvalue weighted by atomic mass is 35.5. The maximum absolute atomic E-state index is 16.1. The SMILES string of the molecule is CC(C)(C)CC1N(CCOCCOCCOCCOCCOc2ccc(C(=O)NC3C(C)(C)C(Oc4ccc(C#N)c(Cl)c4)C3(C)C)cc2)C(C(N)=O)C(c2cccc(Cl)c2F)C1(C#N)c1ccc(Cl)cc1F. The molecule has 392 valence electrons. The van der Waals surface area contributed by atoms with Crippen molar-refractivity contribution in [2.45, 2.75) is 90.4 Å². The molecule has 18 heteroatoms. The Morgan fingerprint density at radius 1 is 0.767 bits per heavy atom. The Kier molecular flexibility index (Phi) is 19.2. The van der Waals surface area contributed by atoms with E-state index >= 15 is 8.78 Å². The van der Waals surface area contributed by atoms with Crippen molar-refractivity contribution in [3.63, 3.8) is 0 Å². The highest BCUT2D eigenvalue weighted by molar-refractivity contribution is 6.32. The lowest BCUT2D eigenvalue weighted by Crippen LogP contribution is -2.74. The predicted octanol–water partition coefficient (Wildman–Crippen LogP) is 10.1. The van der Waals surface area contributed by atoms with E-state index in [2.05, 4.69) is 45.2 Å². The van der Waals surface area contributed by atoms with Gasteiger partial charge in [-0.2, -0.15) is 10.5 Å². The number of carbonyl (C=O) groups excluding carboxylic acids is 2. The molecule has 4 aromatic rings. The molecule has 2 amide bonds. The molecular formula is C55H64Cl3F2N5O8. The third-order valence-corrected chi connectivity index (χ3v) is 14.6. The average Bonchev–Trinajstić information content (AvgIpc) is 3.59. The zero-order chi connectivity index (χ0) is 53.3. The summed E-state index contributed by atoms with van der Waals surface area (Å²) < 4.78 is 67.1. The van der Waals surface area contributed by atoms with E-state index < -0.39 is 57.2 Å². The number of benzene rings is 4. The number of nitriles is 2. The lowest BCUT2D eigenvalue weighted by molar-refractivity contribution is -0.164. The Labute approximate surface area is 442 Å². The molecule has 1 saturated heterocycles. The summed E-state index contributed by atoms with van der Waals surface area (Å²) in [6, 6.07) is 22.4. The van der Waals surface area contributed by atoms with Crippen molar-refractivity contribution in [2.24, 2.45) is 22.0 Å². The molecule has 73 heavy (non-hydrogen) atoms. The number of likely N-dealkylation sites (tertiary alicyclic amines) is 1. The smallest absolute Gasteiger partial charge is 0.251 e. The van der Waals surface area contributed by atoms with Gasteiger partial charge in [-0.3, -0.25) is 14.5 Å². The standard InChI is InChI=1S/C55H64Cl3F2N5O8/c1-52(2,3)31-44-55(33-62,40-18-14-36(56)29-43(40)59)45(39-9-8-10-41(57)46(39)60)47(48(63)66)65(44)19-20-68-21-22-69-23-24-70-25-26-71-27-28-72-37-15-11-34(12-16-37)49(67)64-50-53(4,5)51(54(50,6)7)73-38-17-13-35(32-61)42(58)30-38/h8-18,29-30,44-45,47,50-51H,19-28,31H2,1-7H3,(H2,63,66)(H,64,67). The molecule has 4 unspecified atom stereocenters. The Balaban J connectivity index is 0.889. The van der Waals surface area contributed by atoms with Gasteiger partial charge in [0.15, 0.2) is 0 Å². The number of nitrogens with two attached hydrogens (primary N) is 1. The van der Waals surface area contributed by atoms with Crippen molar-refractivity contribution in [3.05, 3.63) is 128 Å². The van der Waals surface area contributed by atoms with Crippen LogP contribution >= 0.6 is 34.8 Å². The van der Waals surface area contributed by atoms with Crippen LogP contribution in [-0.4, -0.2) is 107 Å². The van der Waals surface area contributed by atoms with Crippen LogP contribution in [0, 0.1) is 50.5 Å². The van der Waals surface area contributed by atoms with Gasteiger partial charge in [0.1, 0.15) is 47.3 Å². The van der Waals surface area contributed by atoms with E-state index in [0.717, 1.165) is 6.07 Å². The lowest BCUT2D eigenvalue weighted by Gasteiger charge is -2.63. The summed E-state index contributed by atoms with van der Waals surface area (Å²) in [4.78, 5) is 28.6. The zero-order valence-corrected chi connectivity index (χ0v) is 44.5. The highest BCUT2D eigenvalue weighted by Crippen LogP contribution is 2.57. The van der Waals surface area contributed by atoms with Crippen LogP contribution in [-0.2, 0) is 29.2 Å².